The van der Waals surface area contributed by atoms with Gasteiger partial charge in [-0.15, -0.1) is 6.58 Å². The highest BCUT2D eigenvalue weighted by Gasteiger charge is 2.09. The maximum Gasteiger partial charge on any atom is 0.137 e. The molecule has 0 radical (unpaired) electrons. The van der Waals surface area contributed by atoms with Gasteiger partial charge in [0.15, 0.2) is 0 Å². The Bertz CT molecular complexity index is 437. The molecule has 118 valence electrons. The van der Waals surface area contributed by atoms with Gasteiger partial charge in [-0.3, -0.25) is 0 Å². The summed E-state index contributed by atoms with van der Waals surface area (Å²) in [6, 6.07) is 6.01. The molecular formula is C18H28ClNO. The molecule has 1 aromatic carbocycles. The zero-order valence-electron chi connectivity index (χ0n) is 13.5. The van der Waals surface area contributed by atoms with Crippen molar-refractivity contribution < 1.29 is 4.74 Å². The Labute approximate surface area is 134 Å². The lowest BCUT2D eigenvalue weighted by atomic mass is 10.1. The molecule has 0 spiro atoms. The molecule has 1 rings (SSSR count). The van der Waals surface area contributed by atoms with Crippen molar-refractivity contribution in [1.82, 2.24) is 5.32 Å². The molecule has 3 heteroatoms. The van der Waals surface area contributed by atoms with Crippen LogP contribution in [0.2, 0.25) is 5.02 Å². The Balaban J connectivity index is 2.38. The molecule has 0 atom stereocenters. The fourth-order valence-corrected chi connectivity index (χ4v) is 2.15. The number of unbranched alkanes of at least 4 members (excludes halogenated alkanes) is 3. The van der Waals surface area contributed by atoms with Crippen molar-refractivity contribution in [3.05, 3.63) is 41.4 Å². The zero-order chi connectivity index (χ0) is 15.7. The van der Waals surface area contributed by atoms with Crippen LogP contribution in [-0.2, 0) is 6.54 Å². The fraction of sp³-hybridized carbons (Fsp3) is 0.556. The lowest BCUT2D eigenvalue weighted by Crippen LogP contribution is -2.35. The maximum absolute atomic E-state index is 6.28. The first kappa shape index (κ1) is 18.1. The van der Waals surface area contributed by atoms with E-state index in [4.69, 9.17) is 16.3 Å². The Morgan fingerprint density at radius 2 is 2.00 bits per heavy atom. The highest BCUT2D eigenvalue weighted by molar-refractivity contribution is 6.32. The van der Waals surface area contributed by atoms with E-state index in [0.717, 1.165) is 38.2 Å². The number of hydrogen-bond donors (Lipinski definition) is 1. The van der Waals surface area contributed by atoms with E-state index in [0.29, 0.717) is 5.02 Å². The normalized spacial score (nSPS) is 11.4. The first-order chi connectivity index (χ1) is 9.92. The van der Waals surface area contributed by atoms with Crippen molar-refractivity contribution in [2.45, 2.75) is 58.5 Å². The summed E-state index contributed by atoms with van der Waals surface area (Å²) >= 11 is 6.28. The molecule has 0 bridgehead atoms. The monoisotopic (exact) mass is 309 g/mol. The Hall–Kier alpha value is -0.990. The molecule has 0 aliphatic rings. The van der Waals surface area contributed by atoms with E-state index in [1.165, 1.54) is 12.0 Å². The highest BCUT2D eigenvalue weighted by atomic mass is 35.5. The third-order valence-electron chi connectivity index (χ3n) is 3.13. The van der Waals surface area contributed by atoms with E-state index in [-0.39, 0.29) is 5.54 Å². The van der Waals surface area contributed by atoms with Gasteiger partial charge < -0.3 is 10.1 Å². The van der Waals surface area contributed by atoms with Crippen molar-refractivity contribution in [1.29, 1.82) is 0 Å². The van der Waals surface area contributed by atoms with Crippen molar-refractivity contribution >= 4 is 11.6 Å². The van der Waals surface area contributed by atoms with Crippen molar-refractivity contribution in [3.63, 3.8) is 0 Å². The van der Waals surface area contributed by atoms with E-state index in [1.54, 1.807) is 0 Å². The quantitative estimate of drug-likeness (QED) is 0.490. The number of ether oxygens (including phenoxy) is 1. The Morgan fingerprint density at radius 1 is 1.24 bits per heavy atom. The van der Waals surface area contributed by atoms with Crippen LogP contribution in [0.25, 0.3) is 0 Å². The Kier molecular flexibility index (Phi) is 7.84. The predicted molar refractivity (Wildman–Crippen MR) is 92.2 cm³/mol. The summed E-state index contributed by atoms with van der Waals surface area (Å²) in [5.41, 5.74) is 1.28. The lowest BCUT2D eigenvalue weighted by Gasteiger charge is -2.20. The van der Waals surface area contributed by atoms with Gasteiger partial charge in [-0.25, -0.2) is 0 Å². The molecule has 0 unspecified atom stereocenters. The molecule has 0 aliphatic carbocycles. The summed E-state index contributed by atoms with van der Waals surface area (Å²) in [5.74, 6) is 0.778. The number of rotatable bonds is 9. The van der Waals surface area contributed by atoms with Gasteiger partial charge in [0.2, 0.25) is 0 Å². The van der Waals surface area contributed by atoms with Crippen molar-refractivity contribution in [2.24, 2.45) is 0 Å². The molecule has 0 fully saturated rings. The van der Waals surface area contributed by atoms with Gasteiger partial charge in [0, 0.05) is 12.1 Å². The average molecular weight is 310 g/mol. The number of hydrogen-bond acceptors (Lipinski definition) is 2. The number of allylic oxidation sites excluding steroid dienone is 1. The molecule has 0 heterocycles. The molecule has 21 heavy (non-hydrogen) atoms. The summed E-state index contributed by atoms with van der Waals surface area (Å²) in [7, 11) is 0. The van der Waals surface area contributed by atoms with E-state index < -0.39 is 0 Å². The largest absolute Gasteiger partial charge is 0.492 e. The summed E-state index contributed by atoms with van der Waals surface area (Å²) in [6.07, 6.45) is 6.44. The van der Waals surface area contributed by atoms with Crippen LogP contribution < -0.4 is 10.1 Å². The molecule has 0 saturated carbocycles. The van der Waals surface area contributed by atoms with Crippen LogP contribution in [0.3, 0.4) is 0 Å². The van der Waals surface area contributed by atoms with Gasteiger partial charge >= 0.3 is 0 Å². The van der Waals surface area contributed by atoms with E-state index in [2.05, 4.69) is 38.7 Å². The minimum absolute atomic E-state index is 0.104. The third-order valence-corrected chi connectivity index (χ3v) is 3.42. The van der Waals surface area contributed by atoms with Crippen LogP contribution in [0.4, 0.5) is 0 Å². The van der Waals surface area contributed by atoms with Gasteiger partial charge in [-0.05, 0) is 64.2 Å². The number of nitrogens with one attached hydrogen (secondary N) is 1. The van der Waals surface area contributed by atoms with E-state index >= 15 is 0 Å². The predicted octanol–water partition coefficient (Wildman–Crippen LogP) is 5.35. The van der Waals surface area contributed by atoms with Gasteiger partial charge in [0.1, 0.15) is 5.75 Å². The van der Waals surface area contributed by atoms with E-state index in [1.807, 2.05) is 18.2 Å². The molecule has 0 amide bonds. The lowest BCUT2D eigenvalue weighted by molar-refractivity contribution is 0.305. The second-order valence-corrected chi connectivity index (χ2v) is 6.76. The molecular weight excluding hydrogens is 282 g/mol. The molecule has 2 nitrogen and oxygen atoms in total. The summed E-state index contributed by atoms with van der Waals surface area (Å²) in [6.45, 7) is 11.7. The number of halogens is 1. The van der Waals surface area contributed by atoms with Crippen molar-refractivity contribution in [3.8, 4) is 5.75 Å². The first-order valence-corrected chi connectivity index (χ1v) is 8.07. The summed E-state index contributed by atoms with van der Waals surface area (Å²) in [5, 5.41) is 4.14. The average Bonchev–Trinajstić information content (AvgIpc) is 2.41. The van der Waals surface area contributed by atoms with Gasteiger partial charge in [0.05, 0.1) is 11.6 Å². The number of benzene rings is 1. The molecule has 0 aliphatic heterocycles. The molecule has 1 aromatic rings. The smallest absolute Gasteiger partial charge is 0.137 e. The van der Waals surface area contributed by atoms with Gasteiger partial charge in [0.25, 0.3) is 0 Å². The van der Waals surface area contributed by atoms with Gasteiger partial charge in [-0.1, -0.05) is 23.7 Å². The standard InChI is InChI=1S/C18H28ClNO/c1-5-6-7-8-9-12-21-17-11-10-15(13-16(17)19)14-20-18(2,3)4/h5,10-11,13,20H,1,6-9,12,14H2,2-4H3. The second kappa shape index (κ2) is 9.11. The summed E-state index contributed by atoms with van der Waals surface area (Å²) in [4.78, 5) is 0. The fourth-order valence-electron chi connectivity index (χ4n) is 1.89. The third kappa shape index (κ3) is 8.13. The second-order valence-electron chi connectivity index (χ2n) is 6.35. The molecule has 0 saturated heterocycles. The topological polar surface area (TPSA) is 21.3 Å². The van der Waals surface area contributed by atoms with Crippen molar-refractivity contribution in [2.75, 3.05) is 6.61 Å². The zero-order valence-corrected chi connectivity index (χ0v) is 14.3. The van der Waals surface area contributed by atoms with Crippen LogP contribution in [-0.4, -0.2) is 12.1 Å². The van der Waals surface area contributed by atoms with Crippen LogP contribution in [0.5, 0.6) is 5.75 Å². The molecule has 1 N–H and O–H groups in total. The highest BCUT2D eigenvalue weighted by Crippen LogP contribution is 2.26. The minimum Gasteiger partial charge on any atom is -0.492 e. The minimum atomic E-state index is 0.104. The van der Waals surface area contributed by atoms with Gasteiger partial charge in [-0.2, -0.15) is 0 Å². The summed E-state index contributed by atoms with van der Waals surface area (Å²) < 4.78 is 5.74. The first-order valence-electron chi connectivity index (χ1n) is 7.69. The van der Waals surface area contributed by atoms with Crippen LogP contribution in [0.15, 0.2) is 30.9 Å². The maximum atomic E-state index is 6.28. The SMILES string of the molecule is C=CCCCCCOc1ccc(CNC(C)(C)C)cc1Cl. The molecule has 0 aromatic heterocycles. The van der Waals surface area contributed by atoms with Crippen LogP contribution in [0.1, 0.15) is 52.0 Å². The van der Waals surface area contributed by atoms with Crippen LogP contribution >= 0.6 is 11.6 Å². The van der Waals surface area contributed by atoms with E-state index in [9.17, 15) is 0 Å². The Morgan fingerprint density at radius 3 is 2.62 bits per heavy atom. The van der Waals surface area contributed by atoms with Crippen LogP contribution in [0, 0.1) is 0 Å².